The summed E-state index contributed by atoms with van der Waals surface area (Å²) >= 11 is 1.43. The lowest BCUT2D eigenvalue weighted by atomic mass is 9.97. The number of rotatable bonds is 44. The summed E-state index contributed by atoms with van der Waals surface area (Å²) in [5.41, 5.74) is 22.4. The Morgan fingerprint density at radius 1 is 0.568 bits per heavy atom. The number of aliphatic carboxylic acids is 3. The number of carboxylic acid groups (broad SMARTS) is 3. The average molecular weight is 1360 g/mol. The molecule has 528 valence electrons. The van der Waals surface area contributed by atoms with E-state index in [1.54, 1.807) is 64.3 Å². The first-order valence-electron chi connectivity index (χ1n) is 30.3. The number of aliphatic hydroxyl groups excluding tert-OH is 1. The van der Waals surface area contributed by atoms with Crippen LogP contribution in [0.15, 0.2) is 30.3 Å². The van der Waals surface area contributed by atoms with Crippen LogP contribution in [0.5, 0.6) is 0 Å². The van der Waals surface area contributed by atoms with Crippen molar-refractivity contribution in [2.24, 2.45) is 34.8 Å². The highest BCUT2D eigenvalue weighted by Crippen LogP contribution is 2.21. The number of hydrogen-bond donors (Lipinski definition) is 18. The highest BCUT2D eigenvalue weighted by atomic mass is 32.2. The average Bonchev–Trinajstić information content (AvgIpc) is 1.77. The van der Waals surface area contributed by atoms with Crippen LogP contribution < -0.4 is 76.1 Å². The largest absolute Gasteiger partial charge is 0.481 e. The fourth-order valence-corrected chi connectivity index (χ4v) is 9.99. The topological polar surface area (TPSA) is 599 Å². The van der Waals surface area contributed by atoms with Crippen molar-refractivity contribution in [3.8, 4) is 0 Å². The summed E-state index contributed by atoms with van der Waals surface area (Å²) in [6, 6.07) is -9.94. The molecule has 14 amide bonds. The fourth-order valence-electron chi connectivity index (χ4n) is 9.52. The number of primary amides is 3. The number of carboxylic acids is 3. The molecule has 0 aromatic heterocycles. The molecule has 36 nitrogen and oxygen atoms in total. The Morgan fingerprint density at radius 3 is 1.64 bits per heavy atom. The molecular formula is C58H89N15O21S. The maximum absolute atomic E-state index is 14.4. The first-order valence-corrected chi connectivity index (χ1v) is 31.7. The maximum Gasteiger partial charge on any atom is 0.305 e. The summed E-state index contributed by atoms with van der Waals surface area (Å²) < 4.78 is 0. The molecule has 1 aliphatic heterocycles. The van der Waals surface area contributed by atoms with Crippen molar-refractivity contribution in [3.05, 3.63) is 35.9 Å². The van der Waals surface area contributed by atoms with Crippen molar-refractivity contribution in [3.63, 3.8) is 0 Å². The van der Waals surface area contributed by atoms with E-state index in [0.29, 0.717) is 11.3 Å². The summed E-state index contributed by atoms with van der Waals surface area (Å²) in [6.07, 6.45) is -3.32. The molecule has 0 spiro atoms. The van der Waals surface area contributed by atoms with Gasteiger partial charge >= 0.3 is 17.9 Å². The Morgan fingerprint density at radius 2 is 1.09 bits per heavy atom. The third kappa shape index (κ3) is 29.5. The lowest BCUT2D eigenvalue weighted by Crippen LogP contribution is -2.61. The number of thioether (sulfide) groups is 1. The summed E-state index contributed by atoms with van der Waals surface area (Å²) in [4.78, 5) is 223. The van der Waals surface area contributed by atoms with Gasteiger partial charge in [0.1, 0.15) is 60.4 Å². The maximum atomic E-state index is 14.4. The molecule has 0 aliphatic carbocycles. The third-order valence-corrected chi connectivity index (χ3v) is 15.4. The molecule has 0 saturated carbocycles. The number of carbonyl (C=O) groups is 17. The van der Waals surface area contributed by atoms with Gasteiger partial charge in [-0.1, -0.05) is 64.4 Å². The van der Waals surface area contributed by atoms with Crippen molar-refractivity contribution >= 4 is 112 Å². The predicted molar refractivity (Wildman–Crippen MR) is 335 cm³/mol. The molecular weight excluding hydrogens is 1270 g/mol. The van der Waals surface area contributed by atoms with Crippen LogP contribution in [0.2, 0.25) is 0 Å². The van der Waals surface area contributed by atoms with Crippen molar-refractivity contribution < 1.29 is 102 Å². The highest BCUT2D eigenvalue weighted by molar-refractivity contribution is 7.98. The first kappa shape index (κ1) is 81.6. The highest BCUT2D eigenvalue weighted by Gasteiger charge is 2.41. The molecule has 0 bridgehead atoms. The van der Waals surface area contributed by atoms with Crippen molar-refractivity contribution in [1.29, 1.82) is 0 Å². The fraction of sp³-hybridized carbons (Fsp3) is 0.603. The normalized spacial score (nSPS) is 16.1. The van der Waals surface area contributed by atoms with E-state index in [1.807, 2.05) is 10.6 Å². The molecule has 12 atom stereocenters. The van der Waals surface area contributed by atoms with Gasteiger partial charge in [-0.3, -0.25) is 81.5 Å². The summed E-state index contributed by atoms with van der Waals surface area (Å²) in [6.45, 7) is 4.74. The van der Waals surface area contributed by atoms with Crippen LogP contribution in [0.25, 0.3) is 0 Å². The Labute approximate surface area is 550 Å². The van der Waals surface area contributed by atoms with E-state index in [4.69, 9.17) is 28.0 Å². The van der Waals surface area contributed by atoms with Crippen molar-refractivity contribution in [2.45, 2.75) is 178 Å². The van der Waals surface area contributed by atoms with E-state index in [2.05, 4.69) is 42.5 Å². The number of nitrogens with zero attached hydrogens (tertiary/aromatic N) is 1. The number of amides is 14. The Balaban J connectivity index is 2.41. The summed E-state index contributed by atoms with van der Waals surface area (Å²) in [5.74, 6) is -19.9. The lowest BCUT2D eigenvalue weighted by molar-refractivity contribution is -0.144. The monoisotopic (exact) mass is 1360 g/mol. The van der Waals surface area contributed by atoms with Gasteiger partial charge in [0.2, 0.25) is 82.7 Å². The molecule has 2 rings (SSSR count). The molecule has 1 aromatic carbocycles. The summed E-state index contributed by atoms with van der Waals surface area (Å²) in [7, 11) is 0. The van der Waals surface area contributed by atoms with Crippen LogP contribution in [-0.2, 0) is 87.9 Å². The van der Waals surface area contributed by atoms with Crippen molar-refractivity contribution in [1.82, 2.24) is 58.1 Å². The van der Waals surface area contributed by atoms with E-state index in [0.717, 1.165) is 4.90 Å². The van der Waals surface area contributed by atoms with Crippen LogP contribution in [0, 0.1) is 11.8 Å². The van der Waals surface area contributed by atoms with Crippen LogP contribution in [0.1, 0.15) is 110 Å². The SMILES string of the molecule is CC[C@H](C)[C@H](NC(=O)[C@H](Cc1ccccc1)NC(=O)[C@H](CCC(N)=O)NC(=O)[C@H](CC(=O)O)NC(=O)[C@H](CO)NC(=O)[C@H](CC(N)=O)NC(=O)[C@@H]1CCCN1C(=O)[C@H](CCC(=O)O)NC(=O)[C@@H](N)CC(=O)O)C(=O)NCC(=O)N[C@@H](CC(C)C)C(=O)N[C@@H](CCSC)C(N)=O. The van der Waals surface area contributed by atoms with Gasteiger partial charge in [0.15, 0.2) is 0 Å². The minimum atomic E-state index is -2.17. The number of carbonyl (C=O) groups excluding carboxylic acids is 14. The van der Waals surface area contributed by atoms with Crippen LogP contribution in [0.4, 0.5) is 0 Å². The minimum absolute atomic E-state index is 0.0957. The molecule has 1 aromatic rings. The molecule has 0 unspecified atom stereocenters. The zero-order valence-corrected chi connectivity index (χ0v) is 54.1. The smallest absolute Gasteiger partial charge is 0.305 e. The quantitative estimate of drug-likeness (QED) is 0.0289. The first-order chi connectivity index (χ1) is 44.6. The lowest BCUT2D eigenvalue weighted by Gasteiger charge is -2.30. The molecule has 1 heterocycles. The minimum Gasteiger partial charge on any atom is -0.481 e. The molecule has 1 fully saturated rings. The van der Waals surface area contributed by atoms with Gasteiger partial charge in [0, 0.05) is 25.8 Å². The number of aliphatic hydroxyl groups is 1. The van der Waals surface area contributed by atoms with Gasteiger partial charge in [-0.2, -0.15) is 11.8 Å². The van der Waals surface area contributed by atoms with Gasteiger partial charge in [-0.25, -0.2) is 0 Å². The number of benzene rings is 1. The van der Waals surface area contributed by atoms with E-state index in [-0.39, 0.29) is 51.0 Å². The Bertz CT molecular complexity index is 2920. The van der Waals surface area contributed by atoms with Crippen LogP contribution in [-0.4, -0.2) is 224 Å². The van der Waals surface area contributed by atoms with Gasteiger partial charge in [-0.15, -0.1) is 0 Å². The van der Waals surface area contributed by atoms with Crippen LogP contribution in [0.3, 0.4) is 0 Å². The summed E-state index contributed by atoms with van der Waals surface area (Å²) in [5, 5.41) is 62.0. The molecule has 1 saturated heterocycles. The molecule has 22 N–H and O–H groups in total. The van der Waals surface area contributed by atoms with E-state index >= 15 is 0 Å². The number of nitrogens with one attached hydrogen (secondary N) is 10. The second-order valence-electron chi connectivity index (χ2n) is 22.9. The van der Waals surface area contributed by atoms with Crippen LogP contribution >= 0.6 is 11.8 Å². The molecule has 1 aliphatic rings. The number of nitrogens with two attached hydrogens (primary N) is 4. The zero-order chi connectivity index (χ0) is 71.8. The van der Waals surface area contributed by atoms with Gasteiger partial charge in [-0.05, 0) is 67.9 Å². The molecule has 95 heavy (non-hydrogen) atoms. The second kappa shape index (κ2) is 41.2. The number of hydrogen-bond acceptors (Lipinski definition) is 20. The van der Waals surface area contributed by atoms with Gasteiger partial charge in [0.25, 0.3) is 0 Å². The van der Waals surface area contributed by atoms with E-state index in [1.165, 1.54) is 11.8 Å². The third-order valence-electron chi connectivity index (χ3n) is 14.8. The standard InChI is InChI=1S/C58H89N15O21S/c1-6-29(4)47(57(93)63-26-43(77)64-35(21-28(2)3)51(87)65-32(48(62)84)18-20-95-5)72-54(90)36(22-30-11-8-7-9-12-30)68-50(86)33(14-16-41(60)75)66-53(89)38(25-46(82)83)69-55(91)39(27-74)71-52(88)37(24-42(61)76)70-56(92)40-13-10-19-73(40)58(94)34(15-17-44(78)79)67-49(85)31(59)23-45(80)81/h7-9,11-12,28-29,31-40,47,74H,6,10,13-27,59H2,1-5H3,(H2,60,75)(H2,61,76)(H2,62,84)(H,63,93)(H,64,77)(H,65,87)(H,66,89)(H,67,85)(H,68,86)(H,69,91)(H,70,92)(H,71,88)(H,72,90)(H,78,79)(H,80,81)(H,82,83)/t29-,31-,32-,33-,34-,35-,36-,37-,38-,39-,40-,47-/m0/s1. The molecule has 37 heteroatoms. The predicted octanol–water partition coefficient (Wildman–Crippen LogP) is -6.70. The zero-order valence-electron chi connectivity index (χ0n) is 53.3. The Kier molecular flexibility index (Phi) is 35.4. The number of likely N-dealkylation sites (tertiary alicyclic amines) is 1. The van der Waals surface area contributed by atoms with E-state index in [9.17, 15) is 96.8 Å². The van der Waals surface area contributed by atoms with Gasteiger partial charge in [0.05, 0.1) is 38.5 Å². The molecule has 0 radical (unpaired) electrons. The van der Waals surface area contributed by atoms with Gasteiger partial charge < -0.3 is 101 Å². The second-order valence-corrected chi connectivity index (χ2v) is 23.9. The van der Waals surface area contributed by atoms with E-state index < -0.39 is 231 Å². The Hall–Kier alpha value is -9.52. The van der Waals surface area contributed by atoms with Crippen molar-refractivity contribution in [2.75, 3.05) is 31.7 Å².